The van der Waals surface area contributed by atoms with Crippen molar-refractivity contribution in [2.75, 3.05) is 0 Å². The van der Waals surface area contributed by atoms with Gasteiger partial charge in [0.05, 0.1) is 11.8 Å². The molecule has 0 atom stereocenters. The summed E-state index contributed by atoms with van der Waals surface area (Å²) in [5.41, 5.74) is 0. The van der Waals surface area contributed by atoms with E-state index in [2.05, 4.69) is 33.4 Å². The summed E-state index contributed by atoms with van der Waals surface area (Å²) in [6, 6.07) is 4.42. The molecule has 60 valence electrons. The maximum absolute atomic E-state index is 3.51. The second-order valence-electron chi connectivity index (χ2n) is 2.48. The molecule has 0 saturated carbocycles. The van der Waals surface area contributed by atoms with Crippen molar-refractivity contribution in [1.29, 1.82) is 0 Å². The van der Waals surface area contributed by atoms with Crippen LogP contribution in [0.15, 0.2) is 21.3 Å². The van der Waals surface area contributed by atoms with Crippen LogP contribution in [0, 0.1) is 0 Å². The minimum atomic E-state index is 1.23. The van der Waals surface area contributed by atoms with E-state index in [0.29, 0.717) is 0 Å². The Bertz CT molecular complexity index is 543. The van der Waals surface area contributed by atoms with E-state index < -0.39 is 0 Å². The van der Waals surface area contributed by atoms with Crippen LogP contribution in [0.5, 0.6) is 0 Å². The normalized spacial score (nSPS) is 11.8. The summed E-state index contributed by atoms with van der Waals surface area (Å²) < 4.78 is 4.12. The SMILES string of the molecule is Brc1cc2c(s1)sc1sccc12. The highest BCUT2D eigenvalue weighted by molar-refractivity contribution is 9.11. The Morgan fingerprint density at radius 2 is 2.00 bits per heavy atom. The van der Waals surface area contributed by atoms with Crippen LogP contribution < -0.4 is 0 Å². The van der Waals surface area contributed by atoms with Gasteiger partial charge in [-0.25, -0.2) is 0 Å². The number of hydrogen-bond acceptors (Lipinski definition) is 3. The van der Waals surface area contributed by atoms with Gasteiger partial charge < -0.3 is 0 Å². The summed E-state index contributed by atoms with van der Waals surface area (Å²) in [6.07, 6.45) is 0. The van der Waals surface area contributed by atoms with Crippen molar-refractivity contribution < 1.29 is 0 Å². The first-order valence-corrected chi connectivity index (χ1v) is 6.70. The van der Waals surface area contributed by atoms with Gasteiger partial charge >= 0.3 is 0 Å². The van der Waals surface area contributed by atoms with Crippen LogP contribution in [-0.2, 0) is 0 Å². The van der Waals surface area contributed by atoms with E-state index in [1.165, 1.54) is 22.6 Å². The highest BCUT2D eigenvalue weighted by Crippen LogP contribution is 2.43. The third-order valence-corrected chi connectivity index (χ3v) is 5.76. The predicted octanol–water partition coefficient (Wildman–Crippen LogP) is 4.94. The van der Waals surface area contributed by atoms with Crippen molar-refractivity contribution in [1.82, 2.24) is 0 Å². The molecule has 0 N–H and O–H groups in total. The molecule has 4 heteroatoms. The third-order valence-electron chi connectivity index (χ3n) is 1.77. The zero-order chi connectivity index (χ0) is 8.13. The molecule has 0 aliphatic carbocycles. The second kappa shape index (κ2) is 2.54. The lowest BCUT2D eigenvalue weighted by Gasteiger charge is -1.73. The first kappa shape index (κ1) is 7.50. The van der Waals surface area contributed by atoms with Crippen LogP contribution in [0.25, 0.3) is 18.8 Å². The molecular formula is C8H3BrS3. The van der Waals surface area contributed by atoms with Crippen LogP contribution in [0.1, 0.15) is 0 Å². The molecule has 0 amide bonds. The lowest BCUT2D eigenvalue weighted by atomic mass is 10.3. The summed E-state index contributed by atoms with van der Waals surface area (Å²) in [4.78, 5) is 0. The fraction of sp³-hybridized carbons (Fsp3) is 0. The van der Waals surface area contributed by atoms with Gasteiger partial charge in [-0.05, 0) is 33.4 Å². The molecule has 0 bridgehead atoms. The van der Waals surface area contributed by atoms with Crippen molar-refractivity contribution in [2.24, 2.45) is 0 Å². The molecule has 0 unspecified atom stereocenters. The standard InChI is InChI=1S/C8H3BrS3/c9-6-3-5-4-1-2-10-7(4)12-8(5)11-6/h1-3H. The molecule has 3 aromatic heterocycles. The van der Waals surface area contributed by atoms with Crippen molar-refractivity contribution in [2.45, 2.75) is 0 Å². The number of fused-ring (bicyclic) bond motifs is 3. The number of thiophene rings is 3. The first-order valence-electron chi connectivity index (χ1n) is 3.39. The Kier molecular flexibility index (Phi) is 1.59. The fourth-order valence-electron chi connectivity index (χ4n) is 1.27. The van der Waals surface area contributed by atoms with E-state index in [1.807, 2.05) is 34.0 Å². The quantitative estimate of drug-likeness (QED) is 0.545. The van der Waals surface area contributed by atoms with E-state index >= 15 is 0 Å². The van der Waals surface area contributed by atoms with Gasteiger partial charge in [-0.1, -0.05) is 0 Å². The zero-order valence-corrected chi connectivity index (χ0v) is 9.87. The first-order chi connectivity index (χ1) is 5.84. The smallest absolute Gasteiger partial charge is 0.0898 e. The van der Waals surface area contributed by atoms with E-state index in [1.54, 1.807) is 0 Å². The lowest BCUT2D eigenvalue weighted by Crippen LogP contribution is -1.48. The minimum Gasteiger partial charge on any atom is -0.133 e. The molecule has 0 fully saturated rings. The van der Waals surface area contributed by atoms with Crippen molar-refractivity contribution >= 4 is 68.7 Å². The Labute approximate surface area is 89.6 Å². The number of rotatable bonds is 0. The van der Waals surface area contributed by atoms with Crippen LogP contribution >= 0.6 is 49.9 Å². The highest BCUT2D eigenvalue weighted by Gasteiger charge is 2.08. The largest absolute Gasteiger partial charge is 0.133 e. The van der Waals surface area contributed by atoms with Crippen molar-refractivity contribution in [3.05, 3.63) is 21.3 Å². The molecule has 0 aliphatic rings. The summed E-state index contributed by atoms with van der Waals surface area (Å²) in [6.45, 7) is 0. The average Bonchev–Trinajstić information content (AvgIpc) is 2.59. The molecule has 3 aromatic rings. The molecule has 3 heterocycles. The fourth-order valence-corrected chi connectivity index (χ4v) is 5.76. The highest BCUT2D eigenvalue weighted by atomic mass is 79.9. The van der Waals surface area contributed by atoms with Gasteiger partial charge in [0.1, 0.15) is 0 Å². The maximum atomic E-state index is 3.51. The molecule has 0 spiro atoms. The van der Waals surface area contributed by atoms with Gasteiger partial charge in [-0.2, -0.15) is 0 Å². The van der Waals surface area contributed by atoms with Gasteiger partial charge in [0.15, 0.2) is 0 Å². The summed E-state index contributed by atoms with van der Waals surface area (Å²) in [5, 5.41) is 4.99. The minimum absolute atomic E-state index is 1.23. The van der Waals surface area contributed by atoms with Crippen LogP contribution in [-0.4, -0.2) is 0 Å². The van der Waals surface area contributed by atoms with Crippen LogP contribution in [0.3, 0.4) is 0 Å². The molecule has 0 nitrogen and oxygen atoms in total. The predicted molar refractivity (Wildman–Crippen MR) is 62.8 cm³/mol. The van der Waals surface area contributed by atoms with Gasteiger partial charge in [0.2, 0.25) is 0 Å². The Balaban J connectivity index is 2.64. The van der Waals surface area contributed by atoms with Crippen molar-refractivity contribution in [3.8, 4) is 0 Å². The lowest BCUT2D eigenvalue weighted by molar-refractivity contribution is 2.08. The second-order valence-corrected chi connectivity index (χ2v) is 7.36. The summed E-state index contributed by atoms with van der Waals surface area (Å²) in [5.74, 6) is 0. The average molecular weight is 275 g/mol. The van der Waals surface area contributed by atoms with Gasteiger partial charge in [0.25, 0.3) is 0 Å². The van der Waals surface area contributed by atoms with E-state index in [-0.39, 0.29) is 0 Å². The maximum Gasteiger partial charge on any atom is 0.0898 e. The topological polar surface area (TPSA) is 0 Å². The number of hydrogen-bond donors (Lipinski definition) is 0. The number of halogens is 1. The van der Waals surface area contributed by atoms with E-state index in [0.717, 1.165) is 0 Å². The zero-order valence-electron chi connectivity index (χ0n) is 5.83. The molecule has 0 radical (unpaired) electrons. The summed E-state index contributed by atoms with van der Waals surface area (Å²) in [7, 11) is 0. The molecule has 0 aliphatic heterocycles. The molecule has 0 saturated heterocycles. The van der Waals surface area contributed by atoms with Gasteiger partial charge in [-0.15, -0.1) is 34.0 Å². The van der Waals surface area contributed by atoms with Gasteiger partial charge in [-0.3, -0.25) is 0 Å². The van der Waals surface area contributed by atoms with Crippen LogP contribution in [0.4, 0.5) is 0 Å². The Morgan fingerprint density at radius 3 is 2.92 bits per heavy atom. The van der Waals surface area contributed by atoms with Crippen LogP contribution in [0.2, 0.25) is 0 Å². The summed E-state index contributed by atoms with van der Waals surface area (Å²) >= 11 is 9.06. The van der Waals surface area contributed by atoms with Gasteiger partial charge in [0, 0.05) is 10.8 Å². The van der Waals surface area contributed by atoms with E-state index in [4.69, 9.17) is 0 Å². The van der Waals surface area contributed by atoms with E-state index in [9.17, 15) is 0 Å². The Morgan fingerprint density at radius 1 is 1.08 bits per heavy atom. The molecule has 0 aromatic carbocycles. The monoisotopic (exact) mass is 274 g/mol. The molecular weight excluding hydrogens is 272 g/mol. The van der Waals surface area contributed by atoms with Crippen molar-refractivity contribution in [3.63, 3.8) is 0 Å². The Hall–Kier alpha value is 0.100. The third kappa shape index (κ3) is 0.923. The molecule has 12 heavy (non-hydrogen) atoms. The molecule has 3 rings (SSSR count).